The van der Waals surface area contributed by atoms with Crippen molar-refractivity contribution in [3.63, 3.8) is 0 Å². The van der Waals surface area contributed by atoms with E-state index in [1.54, 1.807) is 0 Å². The fourth-order valence-corrected chi connectivity index (χ4v) is 2.45. The van der Waals surface area contributed by atoms with Crippen LogP contribution in [0.1, 0.15) is 59.3 Å². The average molecular weight is 240 g/mol. The lowest BCUT2D eigenvalue weighted by Gasteiger charge is -2.32. The zero-order chi connectivity index (χ0) is 12.7. The summed E-state index contributed by atoms with van der Waals surface area (Å²) in [6.07, 6.45) is 7.23. The zero-order valence-electron chi connectivity index (χ0n) is 11.7. The number of likely N-dealkylation sites (tertiary alicyclic amines) is 1. The number of piperidine rings is 1. The van der Waals surface area contributed by atoms with Gasteiger partial charge in [-0.1, -0.05) is 33.1 Å². The van der Waals surface area contributed by atoms with Crippen molar-refractivity contribution in [2.75, 3.05) is 13.1 Å². The smallest absolute Gasteiger partial charge is 0.317 e. The molecule has 1 N–H and O–H groups in total. The van der Waals surface area contributed by atoms with Crippen LogP contribution < -0.4 is 5.32 Å². The summed E-state index contributed by atoms with van der Waals surface area (Å²) in [5, 5.41) is 3.12. The highest BCUT2D eigenvalue weighted by molar-refractivity contribution is 5.74. The lowest BCUT2D eigenvalue weighted by Crippen LogP contribution is -2.47. The molecule has 2 atom stereocenters. The molecule has 0 bridgehead atoms. The van der Waals surface area contributed by atoms with E-state index in [0.717, 1.165) is 25.9 Å². The van der Waals surface area contributed by atoms with E-state index in [1.807, 2.05) is 4.90 Å². The van der Waals surface area contributed by atoms with E-state index in [9.17, 15) is 4.79 Å². The van der Waals surface area contributed by atoms with Crippen molar-refractivity contribution < 1.29 is 4.79 Å². The highest BCUT2D eigenvalue weighted by atomic mass is 16.2. The Morgan fingerprint density at radius 3 is 2.88 bits per heavy atom. The van der Waals surface area contributed by atoms with Crippen LogP contribution in [0.15, 0.2) is 0 Å². The van der Waals surface area contributed by atoms with Crippen LogP contribution >= 0.6 is 0 Å². The van der Waals surface area contributed by atoms with Crippen LogP contribution in [-0.2, 0) is 0 Å². The fourth-order valence-electron chi connectivity index (χ4n) is 2.45. The molecule has 2 unspecified atom stereocenters. The van der Waals surface area contributed by atoms with Gasteiger partial charge in [-0.2, -0.15) is 0 Å². The molecule has 1 aliphatic rings. The number of hydrogen-bond donors (Lipinski definition) is 1. The standard InChI is InChI=1S/C14H28N2O/c1-4-5-6-9-13(3)15-14(17)16-10-7-8-12(2)11-16/h12-13H,4-11H2,1-3H3,(H,15,17). The van der Waals surface area contributed by atoms with Gasteiger partial charge in [-0.3, -0.25) is 0 Å². The van der Waals surface area contributed by atoms with E-state index in [0.29, 0.717) is 12.0 Å². The van der Waals surface area contributed by atoms with Gasteiger partial charge in [0.2, 0.25) is 0 Å². The van der Waals surface area contributed by atoms with Crippen molar-refractivity contribution in [1.29, 1.82) is 0 Å². The van der Waals surface area contributed by atoms with Crippen LogP contribution in [0.5, 0.6) is 0 Å². The SMILES string of the molecule is CCCCCC(C)NC(=O)N1CCCC(C)C1. The van der Waals surface area contributed by atoms with Crippen LogP contribution in [0, 0.1) is 5.92 Å². The van der Waals surface area contributed by atoms with Crippen LogP contribution in [0.3, 0.4) is 0 Å². The predicted molar refractivity (Wildman–Crippen MR) is 72.1 cm³/mol. The molecule has 0 aliphatic carbocycles. The molecule has 1 heterocycles. The topological polar surface area (TPSA) is 32.3 Å². The molecule has 0 aromatic carbocycles. The predicted octanol–water partition coefficient (Wildman–Crippen LogP) is 3.40. The Morgan fingerprint density at radius 2 is 2.24 bits per heavy atom. The van der Waals surface area contributed by atoms with Crippen LogP contribution in [0.2, 0.25) is 0 Å². The molecule has 0 radical (unpaired) electrons. The first kappa shape index (κ1) is 14.3. The zero-order valence-corrected chi connectivity index (χ0v) is 11.7. The lowest BCUT2D eigenvalue weighted by molar-refractivity contribution is 0.166. The number of carbonyl (C=O) groups is 1. The molecule has 3 heteroatoms. The Morgan fingerprint density at radius 1 is 1.47 bits per heavy atom. The summed E-state index contributed by atoms with van der Waals surface area (Å²) >= 11 is 0. The number of nitrogens with zero attached hydrogens (tertiary/aromatic N) is 1. The van der Waals surface area contributed by atoms with Crippen molar-refractivity contribution in [1.82, 2.24) is 10.2 Å². The first-order valence-electron chi connectivity index (χ1n) is 7.19. The number of hydrogen-bond acceptors (Lipinski definition) is 1. The van der Waals surface area contributed by atoms with Gasteiger partial charge in [0.15, 0.2) is 0 Å². The Labute approximate surface area is 106 Å². The van der Waals surface area contributed by atoms with Crippen LogP contribution in [0.25, 0.3) is 0 Å². The van der Waals surface area contributed by atoms with Crippen molar-refractivity contribution >= 4 is 6.03 Å². The number of nitrogens with one attached hydrogen (secondary N) is 1. The maximum atomic E-state index is 12.0. The molecule has 1 fully saturated rings. The monoisotopic (exact) mass is 240 g/mol. The van der Waals surface area contributed by atoms with E-state index < -0.39 is 0 Å². The molecule has 17 heavy (non-hydrogen) atoms. The number of carbonyl (C=O) groups excluding carboxylic acids is 1. The Kier molecular flexibility index (Phi) is 6.38. The lowest BCUT2D eigenvalue weighted by atomic mass is 10.0. The van der Waals surface area contributed by atoms with Crippen molar-refractivity contribution in [3.05, 3.63) is 0 Å². The molecule has 1 rings (SSSR count). The van der Waals surface area contributed by atoms with Gasteiger partial charge in [-0.05, 0) is 32.1 Å². The van der Waals surface area contributed by atoms with Crippen LogP contribution in [0.4, 0.5) is 4.79 Å². The van der Waals surface area contributed by atoms with Gasteiger partial charge in [0.1, 0.15) is 0 Å². The number of amides is 2. The van der Waals surface area contributed by atoms with Gasteiger partial charge in [0.25, 0.3) is 0 Å². The maximum absolute atomic E-state index is 12.0. The van der Waals surface area contributed by atoms with Crippen molar-refractivity contribution in [2.45, 2.75) is 65.3 Å². The van der Waals surface area contributed by atoms with E-state index in [2.05, 4.69) is 26.1 Å². The van der Waals surface area contributed by atoms with Gasteiger partial charge < -0.3 is 10.2 Å². The Hall–Kier alpha value is -0.730. The summed E-state index contributed by atoms with van der Waals surface area (Å²) < 4.78 is 0. The molecular weight excluding hydrogens is 212 g/mol. The minimum atomic E-state index is 0.139. The van der Waals surface area contributed by atoms with E-state index in [4.69, 9.17) is 0 Å². The second-order valence-electron chi connectivity index (χ2n) is 5.54. The summed E-state index contributed by atoms with van der Waals surface area (Å²) in [5.41, 5.74) is 0. The molecule has 0 saturated carbocycles. The molecule has 0 aromatic rings. The summed E-state index contributed by atoms with van der Waals surface area (Å²) in [6.45, 7) is 8.40. The molecule has 0 spiro atoms. The molecular formula is C14H28N2O. The minimum Gasteiger partial charge on any atom is -0.336 e. The fraction of sp³-hybridized carbons (Fsp3) is 0.929. The molecule has 0 aromatic heterocycles. The normalized spacial score (nSPS) is 22.3. The quantitative estimate of drug-likeness (QED) is 0.734. The first-order valence-corrected chi connectivity index (χ1v) is 7.19. The van der Waals surface area contributed by atoms with Gasteiger partial charge in [-0.15, -0.1) is 0 Å². The third-order valence-electron chi connectivity index (χ3n) is 3.55. The molecule has 2 amide bonds. The first-order chi connectivity index (χ1) is 8.13. The molecule has 1 aliphatic heterocycles. The van der Waals surface area contributed by atoms with E-state index >= 15 is 0 Å². The number of unbranched alkanes of at least 4 members (excludes halogenated alkanes) is 2. The second-order valence-corrected chi connectivity index (χ2v) is 5.54. The van der Waals surface area contributed by atoms with Crippen molar-refractivity contribution in [3.8, 4) is 0 Å². The van der Waals surface area contributed by atoms with Gasteiger partial charge in [-0.25, -0.2) is 4.79 Å². The highest BCUT2D eigenvalue weighted by Crippen LogP contribution is 2.15. The van der Waals surface area contributed by atoms with Gasteiger partial charge in [0.05, 0.1) is 0 Å². The molecule has 100 valence electrons. The number of rotatable bonds is 5. The summed E-state index contributed by atoms with van der Waals surface area (Å²) in [7, 11) is 0. The highest BCUT2D eigenvalue weighted by Gasteiger charge is 2.21. The number of urea groups is 1. The third-order valence-corrected chi connectivity index (χ3v) is 3.55. The average Bonchev–Trinajstić information content (AvgIpc) is 2.29. The van der Waals surface area contributed by atoms with Gasteiger partial charge >= 0.3 is 6.03 Å². The van der Waals surface area contributed by atoms with E-state index in [1.165, 1.54) is 25.7 Å². The summed E-state index contributed by atoms with van der Waals surface area (Å²) in [6, 6.07) is 0.451. The molecule has 3 nitrogen and oxygen atoms in total. The molecule has 1 saturated heterocycles. The third kappa shape index (κ3) is 5.42. The second kappa shape index (κ2) is 7.57. The largest absolute Gasteiger partial charge is 0.336 e. The van der Waals surface area contributed by atoms with Crippen molar-refractivity contribution in [2.24, 2.45) is 5.92 Å². The van der Waals surface area contributed by atoms with Gasteiger partial charge in [0, 0.05) is 19.1 Å². The summed E-state index contributed by atoms with van der Waals surface area (Å²) in [5.74, 6) is 0.657. The van der Waals surface area contributed by atoms with Crippen LogP contribution in [-0.4, -0.2) is 30.1 Å². The Bertz CT molecular complexity index is 230. The Balaban J connectivity index is 2.22. The maximum Gasteiger partial charge on any atom is 0.317 e. The minimum absolute atomic E-state index is 0.139. The van der Waals surface area contributed by atoms with E-state index in [-0.39, 0.29) is 6.03 Å². The summed E-state index contributed by atoms with van der Waals surface area (Å²) in [4.78, 5) is 14.0.